The van der Waals surface area contributed by atoms with Crippen LogP contribution in [0.4, 0.5) is 0 Å². The molecule has 1 aromatic carbocycles. The van der Waals surface area contributed by atoms with Crippen molar-refractivity contribution in [3.05, 3.63) is 51.1 Å². The molecule has 0 fully saturated rings. The van der Waals surface area contributed by atoms with Gasteiger partial charge in [0.05, 0.1) is 13.2 Å². The second-order valence-corrected chi connectivity index (χ2v) is 5.38. The molecule has 1 heterocycles. The Labute approximate surface area is 113 Å². The van der Waals surface area contributed by atoms with E-state index in [-0.39, 0.29) is 0 Å². The fourth-order valence-electron chi connectivity index (χ4n) is 1.32. The summed E-state index contributed by atoms with van der Waals surface area (Å²) in [7, 11) is 0. The van der Waals surface area contributed by atoms with E-state index in [1.165, 1.54) is 4.88 Å². The minimum atomic E-state index is 0.576. The standard InChI is InChI=1S/C13H13BrO2S/c14-11-3-5-12(6-4-11)16-8-7-15-10-13-2-1-9-17-13/h1-6,9H,7-8,10H2. The third-order valence-corrected chi connectivity index (χ3v) is 3.51. The normalized spacial score (nSPS) is 10.4. The fraction of sp³-hybridized carbons (Fsp3) is 0.231. The smallest absolute Gasteiger partial charge is 0.119 e. The molecule has 0 aliphatic heterocycles. The molecule has 0 radical (unpaired) electrons. The molecule has 0 saturated carbocycles. The van der Waals surface area contributed by atoms with E-state index in [0.29, 0.717) is 19.8 Å². The highest BCUT2D eigenvalue weighted by Crippen LogP contribution is 2.16. The maximum absolute atomic E-state index is 5.54. The second kappa shape index (κ2) is 6.79. The molecule has 0 aliphatic rings. The van der Waals surface area contributed by atoms with E-state index in [2.05, 4.69) is 27.4 Å². The van der Waals surface area contributed by atoms with Gasteiger partial charge in [-0.05, 0) is 35.7 Å². The van der Waals surface area contributed by atoms with E-state index in [1.54, 1.807) is 11.3 Å². The summed E-state index contributed by atoms with van der Waals surface area (Å²) >= 11 is 5.09. The summed E-state index contributed by atoms with van der Waals surface area (Å²) in [6, 6.07) is 11.9. The van der Waals surface area contributed by atoms with Crippen LogP contribution in [-0.2, 0) is 11.3 Å². The highest BCUT2D eigenvalue weighted by Gasteiger charge is 1.95. The monoisotopic (exact) mass is 312 g/mol. The van der Waals surface area contributed by atoms with Crippen LogP contribution in [0.15, 0.2) is 46.3 Å². The van der Waals surface area contributed by atoms with Gasteiger partial charge < -0.3 is 9.47 Å². The second-order valence-electron chi connectivity index (χ2n) is 3.43. The summed E-state index contributed by atoms with van der Waals surface area (Å²) in [6.07, 6.45) is 0. The van der Waals surface area contributed by atoms with E-state index in [4.69, 9.17) is 9.47 Å². The summed E-state index contributed by atoms with van der Waals surface area (Å²) in [5, 5.41) is 2.05. The molecular weight excluding hydrogens is 300 g/mol. The molecule has 0 aliphatic carbocycles. The van der Waals surface area contributed by atoms with Crippen LogP contribution in [0.1, 0.15) is 4.88 Å². The minimum Gasteiger partial charge on any atom is -0.491 e. The lowest BCUT2D eigenvalue weighted by Crippen LogP contribution is -2.06. The molecule has 0 N–H and O–H groups in total. The van der Waals surface area contributed by atoms with Crippen molar-refractivity contribution in [1.29, 1.82) is 0 Å². The molecule has 0 bridgehead atoms. The summed E-state index contributed by atoms with van der Waals surface area (Å²) in [6.45, 7) is 1.85. The zero-order chi connectivity index (χ0) is 11.9. The molecule has 2 rings (SSSR count). The molecule has 0 spiro atoms. The average molecular weight is 313 g/mol. The number of hydrogen-bond acceptors (Lipinski definition) is 3. The van der Waals surface area contributed by atoms with Gasteiger partial charge >= 0.3 is 0 Å². The lowest BCUT2D eigenvalue weighted by molar-refractivity contribution is 0.0905. The average Bonchev–Trinajstić information content (AvgIpc) is 2.84. The first-order chi connectivity index (χ1) is 8.34. The number of rotatable bonds is 6. The van der Waals surface area contributed by atoms with Crippen LogP contribution in [0.3, 0.4) is 0 Å². The van der Waals surface area contributed by atoms with Crippen molar-refractivity contribution >= 4 is 27.3 Å². The third kappa shape index (κ3) is 4.50. The number of hydrogen-bond donors (Lipinski definition) is 0. The maximum atomic E-state index is 5.54. The molecular formula is C13H13BrO2S. The number of halogens is 1. The Morgan fingerprint density at radius 1 is 1.06 bits per heavy atom. The zero-order valence-corrected chi connectivity index (χ0v) is 11.7. The van der Waals surface area contributed by atoms with E-state index >= 15 is 0 Å². The Morgan fingerprint density at radius 2 is 1.88 bits per heavy atom. The number of ether oxygens (including phenoxy) is 2. The fourth-order valence-corrected chi connectivity index (χ4v) is 2.22. The van der Waals surface area contributed by atoms with E-state index in [1.807, 2.05) is 30.3 Å². The van der Waals surface area contributed by atoms with Crippen molar-refractivity contribution in [2.24, 2.45) is 0 Å². The van der Waals surface area contributed by atoms with Gasteiger partial charge in [-0.1, -0.05) is 22.0 Å². The molecule has 0 saturated heterocycles. The van der Waals surface area contributed by atoms with Gasteiger partial charge in [0.25, 0.3) is 0 Å². The Morgan fingerprint density at radius 3 is 2.59 bits per heavy atom. The lowest BCUT2D eigenvalue weighted by atomic mass is 10.3. The highest BCUT2D eigenvalue weighted by atomic mass is 79.9. The molecule has 2 aromatic rings. The van der Waals surface area contributed by atoms with Crippen molar-refractivity contribution < 1.29 is 9.47 Å². The summed E-state index contributed by atoms with van der Waals surface area (Å²) in [5.41, 5.74) is 0. The molecule has 4 heteroatoms. The predicted octanol–water partition coefficient (Wildman–Crippen LogP) is 4.11. The van der Waals surface area contributed by atoms with Gasteiger partial charge in [0.1, 0.15) is 12.4 Å². The van der Waals surface area contributed by atoms with Crippen LogP contribution in [0, 0.1) is 0 Å². The van der Waals surface area contributed by atoms with Gasteiger partial charge in [-0.15, -0.1) is 11.3 Å². The Hall–Kier alpha value is -0.840. The van der Waals surface area contributed by atoms with Gasteiger partial charge in [-0.2, -0.15) is 0 Å². The van der Waals surface area contributed by atoms with Crippen molar-refractivity contribution in [2.45, 2.75) is 6.61 Å². The molecule has 0 atom stereocenters. The SMILES string of the molecule is Brc1ccc(OCCOCc2cccs2)cc1. The van der Waals surface area contributed by atoms with Gasteiger partial charge in [-0.3, -0.25) is 0 Å². The van der Waals surface area contributed by atoms with Crippen molar-refractivity contribution in [3.8, 4) is 5.75 Å². The summed E-state index contributed by atoms with van der Waals surface area (Å²) in [5.74, 6) is 0.868. The van der Waals surface area contributed by atoms with E-state index in [9.17, 15) is 0 Å². The quantitative estimate of drug-likeness (QED) is 0.747. The zero-order valence-electron chi connectivity index (χ0n) is 9.27. The molecule has 0 amide bonds. The summed E-state index contributed by atoms with van der Waals surface area (Å²) in [4.78, 5) is 1.24. The first-order valence-electron chi connectivity index (χ1n) is 5.33. The van der Waals surface area contributed by atoms with Crippen LogP contribution in [0.25, 0.3) is 0 Å². The largest absolute Gasteiger partial charge is 0.491 e. The van der Waals surface area contributed by atoms with Crippen LogP contribution in [0.5, 0.6) is 5.75 Å². The van der Waals surface area contributed by atoms with Gasteiger partial charge in [0.2, 0.25) is 0 Å². The van der Waals surface area contributed by atoms with E-state index in [0.717, 1.165) is 10.2 Å². The molecule has 90 valence electrons. The van der Waals surface area contributed by atoms with Crippen LogP contribution in [-0.4, -0.2) is 13.2 Å². The first kappa shape index (κ1) is 12.6. The minimum absolute atomic E-state index is 0.576. The Kier molecular flexibility index (Phi) is 5.04. The summed E-state index contributed by atoms with van der Waals surface area (Å²) < 4.78 is 12.1. The van der Waals surface area contributed by atoms with Crippen LogP contribution >= 0.6 is 27.3 Å². The third-order valence-electron chi connectivity index (χ3n) is 2.13. The number of benzene rings is 1. The van der Waals surface area contributed by atoms with E-state index < -0.39 is 0 Å². The van der Waals surface area contributed by atoms with Gasteiger partial charge in [0, 0.05) is 9.35 Å². The van der Waals surface area contributed by atoms with Crippen LogP contribution < -0.4 is 4.74 Å². The predicted molar refractivity (Wildman–Crippen MR) is 73.6 cm³/mol. The Balaban J connectivity index is 1.61. The maximum Gasteiger partial charge on any atom is 0.119 e. The molecule has 0 unspecified atom stereocenters. The van der Waals surface area contributed by atoms with Gasteiger partial charge in [0.15, 0.2) is 0 Å². The molecule has 1 aromatic heterocycles. The molecule has 17 heavy (non-hydrogen) atoms. The van der Waals surface area contributed by atoms with Gasteiger partial charge in [-0.25, -0.2) is 0 Å². The van der Waals surface area contributed by atoms with Crippen molar-refractivity contribution in [1.82, 2.24) is 0 Å². The Bertz CT molecular complexity index is 425. The molecule has 2 nitrogen and oxygen atoms in total. The van der Waals surface area contributed by atoms with Crippen molar-refractivity contribution in [3.63, 3.8) is 0 Å². The lowest BCUT2D eigenvalue weighted by Gasteiger charge is -2.06. The topological polar surface area (TPSA) is 18.5 Å². The van der Waals surface area contributed by atoms with Crippen molar-refractivity contribution in [2.75, 3.05) is 13.2 Å². The highest BCUT2D eigenvalue weighted by molar-refractivity contribution is 9.10. The number of thiophene rings is 1. The van der Waals surface area contributed by atoms with Crippen LogP contribution in [0.2, 0.25) is 0 Å². The first-order valence-corrected chi connectivity index (χ1v) is 7.00.